The fourth-order valence-corrected chi connectivity index (χ4v) is 2.13. The number of nitriles is 1. The molecular weight excluding hydrogens is 316 g/mol. The van der Waals surface area contributed by atoms with Crippen LogP contribution >= 0.6 is 0 Å². The topological polar surface area (TPSA) is 94.9 Å². The minimum atomic E-state index is -0.473. The summed E-state index contributed by atoms with van der Waals surface area (Å²) in [5.41, 5.74) is 1.07. The SMILES string of the molecule is CC(C)CCNC(=O)c1cccc(C(=O)Nc2ccccc2C#N)n1. The van der Waals surface area contributed by atoms with E-state index in [1.165, 1.54) is 6.07 Å². The molecule has 0 radical (unpaired) electrons. The third kappa shape index (κ3) is 5.15. The number of rotatable bonds is 6. The Morgan fingerprint density at radius 1 is 1.08 bits per heavy atom. The van der Waals surface area contributed by atoms with Crippen LogP contribution < -0.4 is 10.6 Å². The molecule has 6 nitrogen and oxygen atoms in total. The van der Waals surface area contributed by atoms with E-state index in [0.717, 1.165) is 6.42 Å². The van der Waals surface area contributed by atoms with Gasteiger partial charge in [-0.2, -0.15) is 5.26 Å². The highest BCUT2D eigenvalue weighted by Crippen LogP contribution is 2.14. The minimum absolute atomic E-state index is 0.115. The van der Waals surface area contributed by atoms with Crippen molar-refractivity contribution in [1.82, 2.24) is 10.3 Å². The molecule has 1 aromatic heterocycles. The van der Waals surface area contributed by atoms with Crippen molar-refractivity contribution in [2.75, 3.05) is 11.9 Å². The van der Waals surface area contributed by atoms with Gasteiger partial charge >= 0.3 is 0 Å². The lowest BCUT2D eigenvalue weighted by atomic mass is 10.1. The third-order valence-electron chi connectivity index (χ3n) is 3.52. The van der Waals surface area contributed by atoms with Gasteiger partial charge < -0.3 is 10.6 Å². The van der Waals surface area contributed by atoms with E-state index in [0.29, 0.717) is 23.7 Å². The second-order valence-electron chi connectivity index (χ2n) is 5.96. The number of aromatic nitrogens is 1. The molecule has 0 saturated heterocycles. The Kier molecular flexibility index (Phi) is 6.24. The Bertz CT molecular complexity index is 809. The highest BCUT2D eigenvalue weighted by molar-refractivity contribution is 6.04. The lowest BCUT2D eigenvalue weighted by Gasteiger charge is -2.09. The molecule has 1 aromatic carbocycles. The largest absolute Gasteiger partial charge is 0.351 e. The van der Waals surface area contributed by atoms with Gasteiger partial charge in [0.1, 0.15) is 17.5 Å². The number of benzene rings is 1. The molecule has 128 valence electrons. The van der Waals surface area contributed by atoms with Crippen molar-refractivity contribution in [1.29, 1.82) is 5.26 Å². The van der Waals surface area contributed by atoms with Gasteiger partial charge in [0.15, 0.2) is 0 Å². The Labute approximate surface area is 146 Å². The zero-order valence-electron chi connectivity index (χ0n) is 14.2. The lowest BCUT2D eigenvalue weighted by molar-refractivity contribution is 0.0947. The van der Waals surface area contributed by atoms with Crippen molar-refractivity contribution in [2.45, 2.75) is 20.3 Å². The summed E-state index contributed by atoms with van der Waals surface area (Å²) < 4.78 is 0. The summed E-state index contributed by atoms with van der Waals surface area (Å²) in [5.74, 6) is -0.294. The van der Waals surface area contributed by atoms with E-state index in [4.69, 9.17) is 5.26 Å². The normalized spacial score (nSPS) is 10.2. The van der Waals surface area contributed by atoms with Gasteiger partial charge in [-0.3, -0.25) is 9.59 Å². The first-order chi connectivity index (χ1) is 12.0. The van der Waals surface area contributed by atoms with Gasteiger partial charge in [0.2, 0.25) is 0 Å². The van der Waals surface area contributed by atoms with E-state index in [9.17, 15) is 9.59 Å². The number of hydrogen-bond acceptors (Lipinski definition) is 4. The predicted octanol–water partition coefficient (Wildman–Crippen LogP) is 2.98. The highest BCUT2D eigenvalue weighted by Gasteiger charge is 2.13. The first kappa shape index (κ1) is 18.1. The van der Waals surface area contributed by atoms with Crippen LogP contribution in [0.2, 0.25) is 0 Å². The molecule has 0 aliphatic heterocycles. The quantitative estimate of drug-likeness (QED) is 0.848. The van der Waals surface area contributed by atoms with Gasteiger partial charge in [-0.15, -0.1) is 0 Å². The summed E-state index contributed by atoms with van der Waals surface area (Å²) in [7, 11) is 0. The maximum absolute atomic E-state index is 12.3. The molecule has 0 aliphatic carbocycles. The number of nitrogens with one attached hydrogen (secondary N) is 2. The molecule has 0 unspecified atom stereocenters. The average Bonchev–Trinajstić information content (AvgIpc) is 2.61. The lowest BCUT2D eigenvalue weighted by Crippen LogP contribution is -2.27. The number of anilines is 1. The Morgan fingerprint density at radius 2 is 1.76 bits per heavy atom. The summed E-state index contributed by atoms with van der Waals surface area (Å²) in [4.78, 5) is 28.6. The zero-order chi connectivity index (χ0) is 18.2. The first-order valence-corrected chi connectivity index (χ1v) is 8.07. The average molecular weight is 336 g/mol. The number of para-hydroxylation sites is 1. The molecule has 0 aliphatic rings. The molecule has 2 N–H and O–H groups in total. The van der Waals surface area contributed by atoms with Crippen molar-refractivity contribution in [3.63, 3.8) is 0 Å². The van der Waals surface area contributed by atoms with E-state index >= 15 is 0 Å². The van der Waals surface area contributed by atoms with E-state index in [1.807, 2.05) is 6.07 Å². The monoisotopic (exact) mass is 336 g/mol. The summed E-state index contributed by atoms with van der Waals surface area (Å²) in [6.07, 6.45) is 0.872. The van der Waals surface area contributed by atoms with Crippen molar-refractivity contribution in [3.8, 4) is 6.07 Å². The van der Waals surface area contributed by atoms with Crippen LogP contribution in [-0.2, 0) is 0 Å². The maximum atomic E-state index is 12.3. The maximum Gasteiger partial charge on any atom is 0.274 e. The molecule has 2 rings (SSSR count). The zero-order valence-corrected chi connectivity index (χ0v) is 14.2. The third-order valence-corrected chi connectivity index (χ3v) is 3.52. The molecule has 0 spiro atoms. The number of amides is 2. The fraction of sp³-hybridized carbons (Fsp3) is 0.263. The molecule has 0 fully saturated rings. The van der Waals surface area contributed by atoms with Gasteiger partial charge in [-0.25, -0.2) is 4.98 Å². The smallest absolute Gasteiger partial charge is 0.274 e. The van der Waals surface area contributed by atoms with Gasteiger partial charge in [0, 0.05) is 6.54 Å². The van der Waals surface area contributed by atoms with Crippen molar-refractivity contribution >= 4 is 17.5 Å². The molecule has 6 heteroatoms. The standard InChI is InChI=1S/C19H20N4O2/c1-13(2)10-11-21-18(24)16-8-5-9-17(22-16)19(25)23-15-7-4-3-6-14(15)12-20/h3-9,13H,10-11H2,1-2H3,(H,21,24)(H,23,25). The summed E-state index contributed by atoms with van der Waals surface area (Å²) in [6, 6.07) is 13.4. The molecule has 2 amide bonds. The van der Waals surface area contributed by atoms with E-state index in [2.05, 4.69) is 29.5 Å². The Balaban J connectivity index is 2.08. The summed E-state index contributed by atoms with van der Waals surface area (Å²) in [6.45, 7) is 4.72. The second kappa shape index (κ2) is 8.60. The van der Waals surface area contributed by atoms with Gasteiger partial charge in [0.05, 0.1) is 11.3 Å². The van der Waals surface area contributed by atoms with Crippen LogP contribution in [0.25, 0.3) is 0 Å². The van der Waals surface area contributed by atoms with Crippen LogP contribution in [0, 0.1) is 17.2 Å². The molecule has 0 saturated carbocycles. The predicted molar refractivity (Wildman–Crippen MR) is 95.1 cm³/mol. The van der Waals surface area contributed by atoms with Crippen LogP contribution in [0.1, 0.15) is 46.8 Å². The Morgan fingerprint density at radius 3 is 2.44 bits per heavy atom. The van der Waals surface area contributed by atoms with Crippen LogP contribution in [0.5, 0.6) is 0 Å². The Hall–Kier alpha value is -3.20. The van der Waals surface area contributed by atoms with Gasteiger partial charge in [-0.05, 0) is 36.6 Å². The fourth-order valence-electron chi connectivity index (χ4n) is 2.13. The number of hydrogen-bond donors (Lipinski definition) is 2. The number of pyridine rings is 1. The number of carbonyl (C=O) groups is 2. The van der Waals surface area contributed by atoms with Crippen molar-refractivity contribution in [3.05, 3.63) is 59.4 Å². The molecule has 1 heterocycles. The van der Waals surface area contributed by atoms with E-state index in [1.54, 1.807) is 36.4 Å². The molecule has 0 bridgehead atoms. The van der Waals surface area contributed by atoms with Gasteiger partial charge in [-0.1, -0.05) is 32.0 Å². The van der Waals surface area contributed by atoms with Crippen molar-refractivity contribution < 1.29 is 9.59 Å². The van der Waals surface area contributed by atoms with Crippen LogP contribution in [-0.4, -0.2) is 23.3 Å². The molecule has 25 heavy (non-hydrogen) atoms. The summed E-state index contributed by atoms with van der Waals surface area (Å²) in [5, 5.41) is 14.5. The first-order valence-electron chi connectivity index (χ1n) is 8.07. The molecule has 0 atom stereocenters. The van der Waals surface area contributed by atoms with Crippen molar-refractivity contribution in [2.24, 2.45) is 5.92 Å². The molecular formula is C19H20N4O2. The number of nitrogens with zero attached hydrogens (tertiary/aromatic N) is 2. The van der Waals surface area contributed by atoms with Gasteiger partial charge in [0.25, 0.3) is 11.8 Å². The van der Waals surface area contributed by atoms with E-state index < -0.39 is 5.91 Å². The molecule has 2 aromatic rings. The van der Waals surface area contributed by atoms with Crippen LogP contribution in [0.4, 0.5) is 5.69 Å². The van der Waals surface area contributed by atoms with E-state index in [-0.39, 0.29) is 17.3 Å². The number of carbonyl (C=O) groups excluding carboxylic acids is 2. The van der Waals surface area contributed by atoms with Crippen LogP contribution in [0.15, 0.2) is 42.5 Å². The summed E-state index contributed by atoms with van der Waals surface area (Å²) >= 11 is 0. The minimum Gasteiger partial charge on any atom is -0.351 e. The van der Waals surface area contributed by atoms with Crippen LogP contribution in [0.3, 0.4) is 0 Å². The highest BCUT2D eigenvalue weighted by atomic mass is 16.2. The second-order valence-corrected chi connectivity index (χ2v) is 5.96.